The van der Waals surface area contributed by atoms with Crippen molar-refractivity contribution in [1.29, 1.82) is 0 Å². The number of anilines is 1. The van der Waals surface area contributed by atoms with Gasteiger partial charge in [-0.2, -0.15) is 0 Å². The van der Waals surface area contributed by atoms with Gasteiger partial charge in [-0.05, 0) is 43.5 Å². The molecule has 2 aliphatic rings. The average Bonchev–Trinajstić information content (AvgIpc) is 2.97. The molecule has 2 amide bonds. The predicted molar refractivity (Wildman–Crippen MR) is 110 cm³/mol. The lowest BCUT2D eigenvalue weighted by atomic mass is 10.0. The Kier molecular flexibility index (Phi) is 5.81. The second kappa shape index (κ2) is 8.52. The number of rotatable bonds is 6. The molecule has 4 rings (SSSR count). The highest BCUT2D eigenvalue weighted by molar-refractivity contribution is 6.21. The lowest BCUT2D eigenvalue weighted by Gasteiger charge is -2.41. The van der Waals surface area contributed by atoms with Gasteiger partial charge in [0.15, 0.2) is 0 Å². The Labute approximate surface area is 174 Å². The van der Waals surface area contributed by atoms with E-state index in [0.29, 0.717) is 36.3 Å². The van der Waals surface area contributed by atoms with Gasteiger partial charge in [-0.3, -0.25) is 19.4 Å². The first-order valence-corrected chi connectivity index (χ1v) is 10.4. The Morgan fingerprint density at radius 3 is 2.10 bits per heavy atom. The highest BCUT2D eigenvalue weighted by Gasteiger charge is 2.42. The van der Waals surface area contributed by atoms with Gasteiger partial charge < -0.3 is 5.32 Å². The van der Waals surface area contributed by atoms with E-state index in [1.165, 1.54) is 17.0 Å². The van der Waals surface area contributed by atoms with Crippen molar-refractivity contribution < 1.29 is 18.4 Å². The topological polar surface area (TPSA) is 52.6 Å². The summed E-state index contributed by atoms with van der Waals surface area (Å²) in [5.41, 5.74) is 1.36. The number of hydrogen-bond donors (Lipinski definition) is 1. The Hall–Kier alpha value is -2.80. The van der Waals surface area contributed by atoms with Crippen LogP contribution in [0.2, 0.25) is 0 Å². The molecule has 2 aromatic rings. The zero-order chi connectivity index (χ0) is 21.3. The minimum absolute atomic E-state index is 0.0758. The van der Waals surface area contributed by atoms with Crippen LogP contribution >= 0.6 is 0 Å². The van der Waals surface area contributed by atoms with E-state index in [-0.39, 0.29) is 24.0 Å². The summed E-state index contributed by atoms with van der Waals surface area (Å²) in [6.07, 6.45) is 2.77. The van der Waals surface area contributed by atoms with Crippen molar-refractivity contribution in [3.05, 3.63) is 65.2 Å². The molecule has 0 bridgehead atoms. The van der Waals surface area contributed by atoms with E-state index in [4.69, 9.17) is 0 Å². The molecule has 2 aromatic carbocycles. The maximum Gasteiger partial charge on any atom is 0.262 e. The number of piperidine rings is 1. The van der Waals surface area contributed by atoms with E-state index < -0.39 is 11.6 Å². The van der Waals surface area contributed by atoms with Gasteiger partial charge in [-0.1, -0.05) is 25.5 Å². The van der Waals surface area contributed by atoms with Gasteiger partial charge in [0, 0.05) is 30.9 Å². The molecule has 30 heavy (non-hydrogen) atoms. The lowest BCUT2D eigenvalue weighted by Crippen LogP contribution is -2.54. The molecular weight excluding hydrogens is 388 g/mol. The molecule has 0 aromatic heterocycles. The fraction of sp³-hybridized carbons (Fsp3) is 0.391. The third kappa shape index (κ3) is 3.94. The molecule has 2 aliphatic heterocycles. The number of imide groups is 1. The quantitative estimate of drug-likeness (QED) is 0.719. The van der Waals surface area contributed by atoms with Gasteiger partial charge in [0.2, 0.25) is 0 Å². The second-order valence-electron chi connectivity index (χ2n) is 7.91. The van der Waals surface area contributed by atoms with Crippen LogP contribution in [0.1, 0.15) is 53.3 Å². The molecule has 1 fully saturated rings. The molecule has 5 nitrogen and oxygen atoms in total. The summed E-state index contributed by atoms with van der Waals surface area (Å²) in [5, 5.41) is 3.20. The summed E-state index contributed by atoms with van der Waals surface area (Å²) in [6.45, 7) is 3.42. The van der Waals surface area contributed by atoms with Crippen molar-refractivity contribution in [2.24, 2.45) is 0 Å². The standard InChI is InChI=1S/C23H25F2N3O2/c1-2-5-21(28-22(29)19-6-3-4-7-20(19)23(28)30)27-10-8-17(9-11-27)26-18-13-15(24)12-16(25)14-18/h3-4,6-7,12-14,17,21,26H,2,5,8-11H2,1H3. The molecule has 0 saturated carbocycles. The van der Waals surface area contributed by atoms with Crippen molar-refractivity contribution >= 4 is 17.5 Å². The van der Waals surface area contributed by atoms with Gasteiger partial charge in [-0.15, -0.1) is 0 Å². The van der Waals surface area contributed by atoms with E-state index in [0.717, 1.165) is 25.3 Å². The van der Waals surface area contributed by atoms with Crippen LogP contribution in [0.4, 0.5) is 14.5 Å². The smallest absolute Gasteiger partial charge is 0.262 e. The number of likely N-dealkylation sites (tertiary alicyclic amines) is 1. The van der Waals surface area contributed by atoms with Gasteiger partial charge in [-0.25, -0.2) is 8.78 Å². The zero-order valence-electron chi connectivity index (χ0n) is 16.9. The monoisotopic (exact) mass is 413 g/mol. The van der Waals surface area contributed by atoms with Crippen LogP contribution in [0.3, 0.4) is 0 Å². The second-order valence-corrected chi connectivity index (χ2v) is 7.91. The van der Waals surface area contributed by atoms with E-state index in [1.807, 2.05) is 6.92 Å². The largest absolute Gasteiger partial charge is 0.382 e. The summed E-state index contributed by atoms with van der Waals surface area (Å²) in [7, 11) is 0. The zero-order valence-corrected chi connectivity index (χ0v) is 16.9. The van der Waals surface area contributed by atoms with Crippen LogP contribution in [0.25, 0.3) is 0 Å². The van der Waals surface area contributed by atoms with E-state index in [1.54, 1.807) is 24.3 Å². The first kappa shape index (κ1) is 20.5. The number of carbonyl (C=O) groups excluding carboxylic acids is 2. The number of amides is 2. The van der Waals surface area contributed by atoms with Crippen LogP contribution in [-0.2, 0) is 0 Å². The lowest BCUT2D eigenvalue weighted by molar-refractivity contribution is 0.0214. The van der Waals surface area contributed by atoms with Crippen LogP contribution in [0, 0.1) is 11.6 Å². The number of benzene rings is 2. The number of nitrogens with zero attached hydrogens (tertiary/aromatic N) is 2. The molecule has 0 spiro atoms. The van der Waals surface area contributed by atoms with Crippen molar-refractivity contribution in [3.63, 3.8) is 0 Å². The fourth-order valence-electron chi connectivity index (χ4n) is 4.43. The van der Waals surface area contributed by atoms with Crippen LogP contribution in [-0.4, -0.2) is 46.9 Å². The van der Waals surface area contributed by atoms with Crippen LogP contribution in [0.15, 0.2) is 42.5 Å². The third-order valence-electron chi connectivity index (χ3n) is 5.85. The van der Waals surface area contributed by atoms with Crippen LogP contribution < -0.4 is 5.32 Å². The SMILES string of the molecule is CCCC(N1CCC(Nc2cc(F)cc(F)c2)CC1)N1C(=O)c2ccccc2C1=O. The van der Waals surface area contributed by atoms with Crippen molar-refractivity contribution in [2.75, 3.05) is 18.4 Å². The van der Waals surface area contributed by atoms with Gasteiger partial charge in [0.25, 0.3) is 11.8 Å². The number of fused-ring (bicyclic) bond motifs is 1. The highest BCUT2D eigenvalue weighted by Crippen LogP contribution is 2.29. The summed E-state index contributed by atoms with van der Waals surface area (Å²) < 4.78 is 26.9. The van der Waals surface area contributed by atoms with E-state index >= 15 is 0 Å². The predicted octanol–water partition coefficient (Wildman–Crippen LogP) is 4.26. The summed E-state index contributed by atoms with van der Waals surface area (Å²) in [6, 6.07) is 10.4. The van der Waals surface area contributed by atoms with Crippen molar-refractivity contribution in [3.8, 4) is 0 Å². The normalized spacial score (nSPS) is 18.6. The maximum atomic E-state index is 13.4. The summed E-state index contributed by atoms with van der Waals surface area (Å²) in [5.74, 6) is -1.68. The average molecular weight is 413 g/mol. The number of carbonyl (C=O) groups is 2. The molecule has 1 saturated heterocycles. The number of halogens is 2. The molecule has 0 aliphatic carbocycles. The molecular formula is C23H25F2N3O2. The Balaban J connectivity index is 1.44. The van der Waals surface area contributed by atoms with Crippen molar-refractivity contribution in [1.82, 2.24) is 9.80 Å². The Morgan fingerprint density at radius 2 is 1.57 bits per heavy atom. The molecule has 0 radical (unpaired) electrons. The number of hydrogen-bond acceptors (Lipinski definition) is 4. The molecule has 1 unspecified atom stereocenters. The minimum Gasteiger partial charge on any atom is -0.382 e. The third-order valence-corrected chi connectivity index (χ3v) is 5.85. The van der Waals surface area contributed by atoms with Crippen LogP contribution in [0.5, 0.6) is 0 Å². The summed E-state index contributed by atoms with van der Waals surface area (Å²) >= 11 is 0. The Bertz CT molecular complexity index is 902. The summed E-state index contributed by atoms with van der Waals surface area (Å²) in [4.78, 5) is 29.4. The van der Waals surface area contributed by atoms with E-state index in [2.05, 4.69) is 10.2 Å². The van der Waals surface area contributed by atoms with Crippen molar-refractivity contribution in [2.45, 2.75) is 44.8 Å². The Morgan fingerprint density at radius 1 is 1.00 bits per heavy atom. The minimum atomic E-state index is -0.608. The molecule has 2 heterocycles. The van der Waals surface area contributed by atoms with Gasteiger partial charge in [0.05, 0.1) is 17.3 Å². The number of nitrogens with one attached hydrogen (secondary N) is 1. The molecule has 1 atom stereocenters. The van der Waals surface area contributed by atoms with E-state index in [9.17, 15) is 18.4 Å². The van der Waals surface area contributed by atoms with Gasteiger partial charge >= 0.3 is 0 Å². The molecule has 7 heteroatoms. The van der Waals surface area contributed by atoms with Gasteiger partial charge in [0.1, 0.15) is 11.6 Å². The molecule has 158 valence electrons. The first-order chi connectivity index (χ1) is 14.5. The highest BCUT2D eigenvalue weighted by atomic mass is 19.1. The fourth-order valence-corrected chi connectivity index (χ4v) is 4.43. The maximum absolute atomic E-state index is 13.4. The molecule has 1 N–H and O–H groups in total. The first-order valence-electron chi connectivity index (χ1n) is 10.4.